The number of hydrogen-bond donors (Lipinski definition) is 0. The molecule has 0 N–H and O–H groups in total. The number of halogens is 2. The van der Waals surface area contributed by atoms with E-state index >= 15 is 0 Å². The molecule has 3 aliphatic carbocycles. The van der Waals surface area contributed by atoms with E-state index in [1.807, 2.05) is 0 Å². The van der Waals surface area contributed by atoms with Gasteiger partial charge in [0, 0.05) is 0 Å². The van der Waals surface area contributed by atoms with Gasteiger partial charge in [-0.2, -0.15) is 8.78 Å². The molecule has 2 aromatic rings. The van der Waals surface area contributed by atoms with Crippen LogP contribution in [0.2, 0.25) is 0 Å². The van der Waals surface area contributed by atoms with Crippen molar-refractivity contribution in [1.82, 2.24) is 0 Å². The third-order valence-electron chi connectivity index (χ3n) is 10.1. The summed E-state index contributed by atoms with van der Waals surface area (Å²) in [6.07, 6.45) is 15.2. The molecule has 40 heavy (non-hydrogen) atoms. The molecule has 5 heteroatoms. The summed E-state index contributed by atoms with van der Waals surface area (Å²) in [6, 6.07) is 11.6. The first-order valence-corrected chi connectivity index (χ1v) is 16.0. The Morgan fingerprint density at radius 3 is 1.82 bits per heavy atom. The van der Waals surface area contributed by atoms with Gasteiger partial charge in [-0.3, -0.25) is 0 Å². The highest BCUT2D eigenvalue weighted by molar-refractivity contribution is 5.35. The number of ether oxygens (including phenoxy) is 3. The highest BCUT2D eigenvalue weighted by Crippen LogP contribution is 2.49. The maximum absolute atomic E-state index is 14.4. The lowest BCUT2D eigenvalue weighted by atomic mass is 9.61. The maximum atomic E-state index is 14.4. The number of benzene rings is 2. The zero-order chi connectivity index (χ0) is 27.9. The van der Waals surface area contributed by atoms with Gasteiger partial charge in [-0.05, 0) is 143 Å². The quantitative estimate of drug-likeness (QED) is 0.277. The smallest absolute Gasteiger partial charge is 0.204 e. The Morgan fingerprint density at radius 2 is 1.15 bits per heavy atom. The van der Waals surface area contributed by atoms with E-state index in [9.17, 15) is 8.78 Å². The molecule has 0 heterocycles. The van der Waals surface area contributed by atoms with Crippen LogP contribution >= 0.6 is 0 Å². The zero-order valence-corrected chi connectivity index (χ0v) is 24.5. The molecule has 3 saturated carbocycles. The second-order valence-corrected chi connectivity index (χ2v) is 12.7. The lowest BCUT2D eigenvalue weighted by molar-refractivity contribution is 0.0454. The maximum Gasteiger partial charge on any atom is 0.204 e. The molecule has 0 amide bonds. The molecule has 0 bridgehead atoms. The second-order valence-electron chi connectivity index (χ2n) is 12.7. The van der Waals surface area contributed by atoms with Crippen LogP contribution in [0.25, 0.3) is 0 Å². The molecule has 3 fully saturated rings. The molecular formula is C35H48F2O3. The van der Waals surface area contributed by atoms with Crippen LogP contribution in [0.15, 0.2) is 36.4 Å². The molecule has 5 rings (SSSR count). The van der Waals surface area contributed by atoms with Crippen LogP contribution in [0.3, 0.4) is 0 Å². The van der Waals surface area contributed by atoms with Crippen molar-refractivity contribution in [1.29, 1.82) is 0 Å². The van der Waals surface area contributed by atoms with Crippen molar-refractivity contribution >= 4 is 0 Å². The average Bonchev–Trinajstić information content (AvgIpc) is 2.99. The van der Waals surface area contributed by atoms with E-state index in [1.165, 1.54) is 75.5 Å². The van der Waals surface area contributed by atoms with Crippen molar-refractivity contribution < 1.29 is 23.0 Å². The summed E-state index contributed by atoms with van der Waals surface area (Å²) < 4.78 is 45.7. The Balaban J connectivity index is 1.02. The molecule has 2 aromatic carbocycles. The molecule has 0 aromatic heterocycles. The minimum atomic E-state index is -0.958. The summed E-state index contributed by atoms with van der Waals surface area (Å²) in [5.41, 5.74) is 1.39. The standard InChI is InChI=1S/C35H48F2O3/c1-3-5-24-9-16-31(17-10-24)39-22-25-6-11-27(12-7-25)29-15-14-28-20-26(8-13-30(28)21-29)23-40-33-19-18-32(38-4-2)34(36)35(33)37/h9-10,16-19,25-30H,3-8,11-15,20-23H2,1-2H3. The van der Waals surface area contributed by atoms with E-state index in [0.29, 0.717) is 25.0 Å². The first-order valence-electron chi connectivity index (χ1n) is 16.0. The zero-order valence-electron chi connectivity index (χ0n) is 24.5. The van der Waals surface area contributed by atoms with Crippen LogP contribution in [0.4, 0.5) is 8.78 Å². The first-order chi connectivity index (χ1) is 19.5. The van der Waals surface area contributed by atoms with E-state index in [1.54, 1.807) is 6.92 Å². The van der Waals surface area contributed by atoms with Crippen LogP contribution in [0, 0.1) is 47.1 Å². The van der Waals surface area contributed by atoms with Crippen molar-refractivity contribution in [2.75, 3.05) is 19.8 Å². The minimum Gasteiger partial charge on any atom is -0.493 e. The number of hydrogen-bond acceptors (Lipinski definition) is 3. The van der Waals surface area contributed by atoms with Gasteiger partial charge < -0.3 is 14.2 Å². The van der Waals surface area contributed by atoms with Gasteiger partial charge in [0.1, 0.15) is 5.75 Å². The van der Waals surface area contributed by atoms with E-state index in [2.05, 4.69) is 31.2 Å². The van der Waals surface area contributed by atoms with Gasteiger partial charge in [0.05, 0.1) is 19.8 Å². The fourth-order valence-electron chi connectivity index (χ4n) is 7.78. The fraction of sp³-hybridized carbons (Fsp3) is 0.657. The predicted octanol–water partition coefficient (Wildman–Crippen LogP) is 9.41. The molecule has 4 atom stereocenters. The van der Waals surface area contributed by atoms with Crippen LogP contribution in [0.1, 0.15) is 90.0 Å². The Morgan fingerprint density at radius 1 is 0.600 bits per heavy atom. The highest BCUT2D eigenvalue weighted by Gasteiger charge is 2.39. The van der Waals surface area contributed by atoms with E-state index in [-0.39, 0.29) is 11.5 Å². The van der Waals surface area contributed by atoms with Crippen molar-refractivity contribution in [2.24, 2.45) is 35.5 Å². The number of aryl methyl sites for hydroxylation is 1. The molecule has 3 nitrogen and oxygen atoms in total. The molecular weight excluding hydrogens is 506 g/mol. The SMILES string of the molecule is CCCc1ccc(OCC2CCC(C3CCC4CC(COc5ccc(OCC)c(F)c5F)CCC4C3)CC2)cc1. The molecule has 0 aliphatic heterocycles. The Hall–Kier alpha value is -2.30. The summed E-state index contributed by atoms with van der Waals surface area (Å²) in [4.78, 5) is 0. The molecule has 0 spiro atoms. The van der Waals surface area contributed by atoms with Crippen molar-refractivity contribution in [2.45, 2.75) is 90.9 Å². The summed E-state index contributed by atoms with van der Waals surface area (Å²) in [5, 5.41) is 0. The van der Waals surface area contributed by atoms with Gasteiger partial charge in [-0.15, -0.1) is 0 Å². The van der Waals surface area contributed by atoms with Crippen LogP contribution in [-0.2, 0) is 6.42 Å². The topological polar surface area (TPSA) is 27.7 Å². The van der Waals surface area contributed by atoms with Crippen LogP contribution < -0.4 is 14.2 Å². The predicted molar refractivity (Wildman–Crippen MR) is 156 cm³/mol. The summed E-state index contributed by atoms with van der Waals surface area (Å²) in [5.74, 6) is 3.50. The normalized spacial score (nSPS) is 28.5. The number of rotatable bonds is 11. The van der Waals surface area contributed by atoms with Gasteiger partial charge in [-0.1, -0.05) is 25.5 Å². The molecule has 3 aliphatic rings. The lowest BCUT2D eigenvalue weighted by Crippen LogP contribution is -2.36. The van der Waals surface area contributed by atoms with Gasteiger partial charge in [0.25, 0.3) is 0 Å². The largest absolute Gasteiger partial charge is 0.493 e. The van der Waals surface area contributed by atoms with E-state index in [4.69, 9.17) is 14.2 Å². The fourth-order valence-corrected chi connectivity index (χ4v) is 7.78. The van der Waals surface area contributed by atoms with E-state index < -0.39 is 11.6 Å². The Bertz CT molecular complexity index is 1060. The Kier molecular flexibility index (Phi) is 10.3. The van der Waals surface area contributed by atoms with Crippen molar-refractivity contribution in [3.8, 4) is 17.2 Å². The van der Waals surface area contributed by atoms with Gasteiger partial charge in [0.15, 0.2) is 11.5 Å². The first kappa shape index (κ1) is 29.2. The summed E-state index contributed by atoms with van der Waals surface area (Å²) in [6.45, 7) is 5.58. The van der Waals surface area contributed by atoms with Gasteiger partial charge >= 0.3 is 0 Å². The molecule has 220 valence electrons. The monoisotopic (exact) mass is 554 g/mol. The second kappa shape index (κ2) is 14.0. The molecule has 4 unspecified atom stereocenters. The number of fused-ring (bicyclic) bond motifs is 1. The highest BCUT2D eigenvalue weighted by atomic mass is 19.2. The minimum absolute atomic E-state index is 0.00216. The third kappa shape index (κ3) is 7.31. The lowest BCUT2D eigenvalue weighted by Gasteiger charge is -2.45. The van der Waals surface area contributed by atoms with Crippen molar-refractivity contribution in [3.05, 3.63) is 53.6 Å². The van der Waals surface area contributed by atoms with Gasteiger partial charge in [0.2, 0.25) is 11.6 Å². The van der Waals surface area contributed by atoms with Crippen LogP contribution in [-0.4, -0.2) is 19.8 Å². The average molecular weight is 555 g/mol. The van der Waals surface area contributed by atoms with Crippen LogP contribution in [0.5, 0.6) is 17.2 Å². The Labute approximate surface area is 240 Å². The van der Waals surface area contributed by atoms with Gasteiger partial charge in [-0.25, -0.2) is 0 Å². The third-order valence-corrected chi connectivity index (χ3v) is 10.1. The van der Waals surface area contributed by atoms with E-state index in [0.717, 1.165) is 55.3 Å². The summed E-state index contributed by atoms with van der Waals surface area (Å²) in [7, 11) is 0. The van der Waals surface area contributed by atoms with Crippen molar-refractivity contribution in [3.63, 3.8) is 0 Å². The molecule has 0 saturated heterocycles. The summed E-state index contributed by atoms with van der Waals surface area (Å²) >= 11 is 0. The molecule has 0 radical (unpaired) electrons.